The van der Waals surface area contributed by atoms with E-state index in [1.54, 1.807) is 42.7 Å². The van der Waals surface area contributed by atoms with Gasteiger partial charge >= 0.3 is 7.12 Å². The van der Waals surface area contributed by atoms with Crippen LogP contribution in [-0.4, -0.2) is 65.6 Å². The van der Waals surface area contributed by atoms with Gasteiger partial charge in [-0.1, -0.05) is 72.0 Å². The Morgan fingerprint density at radius 2 is 1.04 bits per heavy atom. The van der Waals surface area contributed by atoms with Crippen molar-refractivity contribution in [3.05, 3.63) is 192 Å². The third-order valence-corrected chi connectivity index (χ3v) is 15.9. The van der Waals surface area contributed by atoms with E-state index in [1.165, 1.54) is 29.0 Å². The van der Waals surface area contributed by atoms with Gasteiger partial charge in [0.2, 0.25) is 0 Å². The molecule has 21 heteroatoms. The van der Waals surface area contributed by atoms with Gasteiger partial charge in [-0.25, -0.2) is 23.7 Å². The standard InChI is InChI=1S/C20H13ClF2N2O2.C13H11ClN2O.C11H17BN2O2.C8H6BrClO.C8H7ClO.CH4/c21-14-9-17-11(6-7-27-17)8-13(14)12-4-5-18(24-10-12)25-20(26)19-15(22)2-1-3-16(19)23;14-11-6-12-8(3-4-17-12)5-10(11)9-1-2-13(15)16-7-9;1-10(2)11(3,4)16-12(15-10)8-5-6-9(13)14-7-8;9-6-3-5-1-2-11-8(5)4-7(6)10;9-7-2-1-6-3-4-10-8(6)5-7;/h1-5,8-10H,6-7H2,(H,24,25,26);1-2,5-7H,3-4H2,(H2,15,16);5-7H,1-4H3,(H2,13,14);3-4H,1-2H2;1-2,5H,3-4H2;1H4. The summed E-state index contributed by atoms with van der Waals surface area (Å²) in [5, 5.41) is 5.06. The Hall–Kier alpha value is -6.70. The van der Waals surface area contributed by atoms with E-state index in [2.05, 4.69) is 42.3 Å². The number of ether oxygens (including phenoxy) is 4. The summed E-state index contributed by atoms with van der Waals surface area (Å²) in [6.07, 6.45) is 8.72. The number of anilines is 3. The molecule has 0 radical (unpaired) electrons. The lowest BCUT2D eigenvalue weighted by Crippen LogP contribution is -2.41. The smallest absolute Gasteiger partial charge is 0.493 e. The maximum Gasteiger partial charge on any atom is 0.496 e. The number of hydrogen-bond donors (Lipinski definition) is 3. The Morgan fingerprint density at radius 3 is 1.52 bits per heavy atom. The first-order valence-corrected chi connectivity index (χ1v) is 28.0. The molecule has 0 unspecified atom stereocenters. The Bertz CT molecular complexity index is 3530. The lowest BCUT2D eigenvalue weighted by molar-refractivity contribution is 0.00578. The fourth-order valence-electron chi connectivity index (χ4n) is 8.77. The lowest BCUT2D eigenvalue weighted by Gasteiger charge is -2.32. The molecule has 1 amide bonds. The first-order valence-electron chi connectivity index (χ1n) is 25.6. The second kappa shape index (κ2) is 26.7. The molecule has 13 rings (SSSR count). The van der Waals surface area contributed by atoms with Gasteiger partial charge in [0.25, 0.3) is 5.91 Å². The zero-order chi connectivity index (χ0) is 57.6. The molecule has 3 aromatic heterocycles. The molecule has 426 valence electrons. The van der Waals surface area contributed by atoms with Crippen LogP contribution in [0.5, 0.6) is 23.0 Å². The number of nitrogens with two attached hydrogens (primary N) is 2. The molecule has 0 spiro atoms. The van der Waals surface area contributed by atoms with Gasteiger partial charge in [0.15, 0.2) is 0 Å². The van der Waals surface area contributed by atoms with Gasteiger partial charge in [-0.2, -0.15) is 0 Å². The SMILES string of the molecule is C.CC1(C)OB(c2ccc(N)nc2)OC1(C)C.Clc1cc2c(cc1Br)CCO2.Clc1ccc2c(c1)OCC2.Nc1ccc(-c2cc3c(cc2Cl)OCC3)cn1.O=C(Nc1ccc(-c2cc3c(cc2Cl)OCC3)cn1)c1c(F)cccc1F. The summed E-state index contributed by atoms with van der Waals surface area (Å²) in [6.45, 7) is 11.0. The molecule has 0 atom stereocenters. The number of carbonyl (C=O) groups is 1. The molecule has 8 aromatic rings. The number of fused-ring (bicyclic) bond motifs is 4. The molecule has 5 N–H and O–H groups in total. The van der Waals surface area contributed by atoms with E-state index in [9.17, 15) is 13.6 Å². The van der Waals surface area contributed by atoms with E-state index in [0.29, 0.717) is 33.3 Å². The number of pyridine rings is 3. The van der Waals surface area contributed by atoms with Gasteiger partial charge in [-0.05, 0) is 151 Å². The Labute approximate surface area is 504 Å². The summed E-state index contributed by atoms with van der Waals surface area (Å²) in [4.78, 5) is 24.4. The van der Waals surface area contributed by atoms with Crippen LogP contribution in [0.25, 0.3) is 22.3 Å². The molecule has 5 aliphatic heterocycles. The molecule has 5 aromatic carbocycles. The number of rotatable bonds is 5. The number of amides is 1. The Morgan fingerprint density at radius 1 is 0.573 bits per heavy atom. The van der Waals surface area contributed by atoms with Crippen LogP contribution in [0.1, 0.15) is 67.7 Å². The second-order valence-electron chi connectivity index (χ2n) is 20.0. The van der Waals surface area contributed by atoms with Crippen molar-refractivity contribution >= 4 is 98.3 Å². The van der Waals surface area contributed by atoms with Crippen molar-refractivity contribution < 1.29 is 41.8 Å². The highest BCUT2D eigenvalue weighted by Crippen LogP contribution is 2.40. The minimum atomic E-state index is -0.934. The largest absolute Gasteiger partial charge is 0.496 e. The minimum absolute atomic E-state index is 0. The third-order valence-electron chi connectivity index (χ3n) is 13.9. The minimum Gasteiger partial charge on any atom is -0.493 e. The number of nitrogens with one attached hydrogen (secondary N) is 1. The molecule has 0 aliphatic carbocycles. The summed E-state index contributed by atoms with van der Waals surface area (Å²) >= 11 is 27.5. The second-order valence-corrected chi connectivity index (χ2v) is 22.5. The average Bonchev–Trinajstić information content (AvgIpc) is 4.50. The highest BCUT2D eigenvalue weighted by atomic mass is 79.9. The summed E-state index contributed by atoms with van der Waals surface area (Å²) in [5.74, 6) is 1.97. The van der Waals surface area contributed by atoms with Crippen LogP contribution in [-0.2, 0) is 35.0 Å². The van der Waals surface area contributed by atoms with Crippen molar-refractivity contribution in [1.82, 2.24) is 15.0 Å². The summed E-state index contributed by atoms with van der Waals surface area (Å²) in [6, 6.07) is 31.2. The van der Waals surface area contributed by atoms with E-state index < -0.39 is 23.1 Å². The van der Waals surface area contributed by atoms with Gasteiger partial charge in [-0.3, -0.25) is 4.79 Å². The monoisotopic (exact) mass is 1250 g/mol. The first kappa shape index (κ1) is 61.4. The maximum absolute atomic E-state index is 13.7. The quantitative estimate of drug-likeness (QED) is 0.139. The molecule has 5 aliphatic rings. The van der Waals surface area contributed by atoms with Gasteiger partial charge in [0.1, 0.15) is 57.6 Å². The molecule has 0 bridgehead atoms. The van der Waals surface area contributed by atoms with Gasteiger partial charge in [-0.15, -0.1) is 0 Å². The highest BCUT2D eigenvalue weighted by molar-refractivity contribution is 9.10. The molecule has 13 nitrogen and oxygen atoms in total. The van der Waals surface area contributed by atoms with E-state index >= 15 is 0 Å². The van der Waals surface area contributed by atoms with Crippen molar-refractivity contribution in [2.24, 2.45) is 0 Å². The van der Waals surface area contributed by atoms with Crippen molar-refractivity contribution in [1.29, 1.82) is 0 Å². The number of aromatic nitrogens is 3. The fraction of sp³-hybridized carbons (Fsp3) is 0.246. The third kappa shape index (κ3) is 14.7. The number of nitrogen functional groups attached to an aromatic ring is 2. The van der Waals surface area contributed by atoms with Gasteiger partial charge in [0.05, 0.1) is 52.7 Å². The van der Waals surface area contributed by atoms with Crippen LogP contribution >= 0.6 is 62.3 Å². The lowest BCUT2D eigenvalue weighted by atomic mass is 9.80. The topological polar surface area (TPSA) is 175 Å². The molecule has 1 fully saturated rings. The van der Waals surface area contributed by atoms with Gasteiger partial charge < -0.3 is 45.0 Å². The van der Waals surface area contributed by atoms with Crippen LogP contribution in [0.4, 0.5) is 26.2 Å². The van der Waals surface area contributed by atoms with E-state index in [1.807, 2.05) is 82.3 Å². The predicted molar refractivity (Wildman–Crippen MR) is 327 cm³/mol. The van der Waals surface area contributed by atoms with Crippen molar-refractivity contribution in [2.45, 2.75) is 72.0 Å². The molecule has 8 heterocycles. The number of hydrogen-bond acceptors (Lipinski definition) is 12. The molecular formula is C61H58BBrCl4F2N6O7. The van der Waals surface area contributed by atoms with Crippen LogP contribution in [0.15, 0.2) is 132 Å². The zero-order valence-corrected chi connectivity index (χ0v) is 49.0. The highest BCUT2D eigenvalue weighted by Gasteiger charge is 2.51. The normalized spacial score (nSPS) is 14.9. The van der Waals surface area contributed by atoms with E-state index in [4.69, 9.17) is 86.1 Å². The van der Waals surface area contributed by atoms with Crippen molar-refractivity contribution in [3.8, 4) is 45.3 Å². The Balaban J connectivity index is 0.000000140. The van der Waals surface area contributed by atoms with Crippen LogP contribution in [0.2, 0.25) is 20.1 Å². The van der Waals surface area contributed by atoms with E-state index in [-0.39, 0.29) is 31.6 Å². The number of halogens is 7. The molecule has 82 heavy (non-hydrogen) atoms. The van der Waals surface area contributed by atoms with Crippen molar-refractivity contribution in [3.63, 3.8) is 0 Å². The van der Waals surface area contributed by atoms with Crippen molar-refractivity contribution in [2.75, 3.05) is 43.2 Å². The molecule has 1 saturated heterocycles. The van der Waals surface area contributed by atoms with Crippen LogP contribution < -0.4 is 41.2 Å². The average molecular weight is 1260 g/mol. The predicted octanol–water partition coefficient (Wildman–Crippen LogP) is 14.7. The number of carbonyl (C=O) groups excluding carboxylic acids is 1. The zero-order valence-electron chi connectivity index (χ0n) is 44.4. The summed E-state index contributed by atoms with van der Waals surface area (Å²) < 4.78 is 61.7. The summed E-state index contributed by atoms with van der Waals surface area (Å²) in [5.41, 5.74) is 19.0. The number of nitrogens with zero attached hydrogens (tertiary/aromatic N) is 3. The molecular weight excluding hydrogens is 1200 g/mol. The first-order chi connectivity index (χ1) is 38.7. The van der Waals surface area contributed by atoms with Crippen LogP contribution in [0.3, 0.4) is 0 Å². The fourth-order valence-corrected chi connectivity index (χ4v) is 10.0. The Kier molecular flexibility index (Phi) is 20.0. The van der Waals surface area contributed by atoms with Crippen LogP contribution in [0, 0.1) is 11.6 Å². The summed E-state index contributed by atoms with van der Waals surface area (Å²) in [7, 11) is -0.363. The number of benzene rings is 5. The van der Waals surface area contributed by atoms with Gasteiger partial charge in [0, 0.05) is 87.6 Å². The molecule has 0 saturated carbocycles. The maximum atomic E-state index is 13.7. The van der Waals surface area contributed by atoms with E-state index in [0.717, 1.165) is 123 Å².